The quantitative estimate of drug-likeness (QED) is 0.632. The van der Waals surface area contributed by atoms with E-state index in [9.17, 15) is 4.79 Å². The predicted molar refractivity (Wildman–Crippen MR) is 126 cm³/mol. The molecule has 2 aliphatic heterocycles. The fraction of sp³-hybridized carbons (Fsp3) is 0.360. The van der Waals surface area contributed by atoms with Crippen molar-refractivity contribution in [2.45, 2.75) is 46.2 Å². The third-order valence-corrected chi connectivity index (χ3v) is 6.11. The first-order valence-electron chi connectivity index (χ1n) is 11.1. The molecule has 0 fully saturated rings. The number of aliphatic imine (C=N–C) groups is 1. The fourth-order valence-corrected chi connectivity index (χ4v) is 4.55. The Morgan fingerprint density at radius 1 is 1.09 bits per heavy atom. The van der Waals surface area contributed by atoms with Gasteiger partial charge in [-0.15, -0.1) is 0 Å². The molecular formula is C25H28N6O. The van der Waals surface area contributed by atoms with E-state index in [-0.39, 0.29) is 11.4 Å². The van der Waals surface area contributed by atoms with Gasteiger partial charge in [-0.25, -0.2) is 4.99 Å². The van der Waals surface area contributed by atoms with E-state index in [0.717, 1.165) is 40.4 Å². The van der Waals surface area contributed by atoms with Crippen molar-refractivity contribution in [3.8, 4) is 11.3 Å². The Morgan fingerprint density at radius 2 is 1.84 bits per heavy atom. The smallest absolute Gasteiger partial charge is 0.266 e. The Morgan fingerprint density at radius 3 is 2.53 bits per heavy atom. The van der Waals surface area contributed by atoms with E-state index in [1.807, 2.05) is 29.8 Å². The molecule has 0 saturated heterocycles. The van der Waals surface area contributed by atoms with Crippen molar-refractivity contribution in [3.63, 3.8) is 0 Å². The molecule has 1 amide bonds. The maximum Gasteiger partial charge on any atom is 0.266 e. The molecule has 1 aromatic carbocycles. The summed E-state index contributed by atoms with van der Waals surface area (Å²) in [5.74, 6) is 1.39. The molecule has 164 valence electrons. The second-order valence-corrected chi connectivity index (χ2v) is 9.19. The van der Waals surface area contributed by atoms with Gasteiger partial charge in [0, 0.05) is 18.3 Å². The zero-order valence-corrected chi connectivity index (χ0v) is 19.3. The maximum atomic E-state index is 13.2. The van der Waals surface area contributed by atoms with Gasteiger partial charge in [0.25, 0.3) is 5.91 Å². The normalized spacial score (nSPS) is 16.8. The summed E-state index contributed by atoms with van der Waals surface area (Å²) in [7, 11) is 1.80. The van der Waals surface area contributed by atoms with Crippen LogP contribution in [-0.4, -0.2) is 50.7 Å². The Bertz CT molecular complexity index is 1240. The number of aryl methyl sites for hydroxylation is 1. The van der Waals surface area contributed by atoms with Gasteiger partial charge < -0.3 is 0 Å². The molecule has 2 aromatic heterocycles. The number of amides is 1. The van der Waals surface area contributed by atoms with E-state index < -0.39 is 0 Å². The number of hydrogen-bond donors (Lipinski definition) is 0. The van der Waals surface area contributed by atoms with Crippen LogP contribution in [0.5, 0.6) is 0 Å². The second kappa shape index (κ2) is 7.29. The van der Waals surface area contributed by atoms with Crippen molar-refractivity contribution in [3.05, 3.63) is 65.0 Å². The van der Waals surface area contributed by atoms with Crippen LogP contribution in [0.3, 0.4) is 0 Å². The zero-order valence-electron chi connectivity index (χ0n) is 19.3. The number of guanidine groups is 1. The molecule has 0 saturated carbocycles. The number of nitrogens with zero attached hydrogens (tertiary/aromatic N) is 6. The minimum Gasteiger partial charge on any atom is -0.292 e. The number of carbonyl (C=O) groups excluding carboxylic acids is 1. The van der Waals surface area contributed by atoms with Crippen molar-refractivity contribution < 1.29 is 4.79 Å². The van der Waals surface area contributed by atoms with Crippen molar-refractivity contribution in [2.75, 3.05) is 18.5 Å². The summed E-state index contributed by atoms with van der Waals surface area (Å²) in [4.78, 5) is 26.3. The summed E-state index contributed by atoms with van der Waals surface area (Å²) in [6.45, 7) is 9.56. The summed E-state index contributed by atoms with van der Waals surface area (Å²) in [6, 6.07) is 14.5. The Kier molecular flexibility index (Phi) is 4.65. The summed E-state index contributed by atoms with van der Waals surface area (Å²) in [5, 5.41) is 4.90. The molecule has 7 heteroatoms. The molecule has 7 nitrogen and oxygen atoms in total. The number of aromatic nitrogens is 3. The highest BCUT2D eigenvalue weighted by atomic mass is 16.2. The van der Waals surface area contributed by atoms with Gasteiger partial charge >= 0.3 is 0 Å². The van der Waals surface area contributed by atoms with Crippen LogP contribution in [-0.2, 0) is 13.0 Å². The molecule has 0 atom stereocenters. The highest BCUT2D eigenvalue weighted by molar-refractivity contribution is 6.19. The van der Waals surface area contributed by atoms with Gasteiger partial charge in [0.05, 0.1) is 30.0 Å². The third kappa shape index (κ3) is 3.28. The number of carbonyl (C=O) groups is 1. The average molecular weight is 429 g/mol. The van der Waals surface area contributed by atoms with Gasteiger partial charge in [0.2, 0.25) is 5.96 Å². The Labute approximate surface area is 188 Å². The molecule has 3 aromatic rings. The molecule has 4 heterocycles. The van der Waals surface area contributed by atoms with Crippen molar-refractivity contribution in [1.29, 1.82) is 0 Å². The van der Waals surface area contributed by atoms with Crippen LogP contribution >= 0.6 is 0 Å². The van der Waals surface area contributed by atoms with Gasteiger partial charge in [-0.3, -0.25) is 24.3 Å². The summed E-state index contributed by atoms with van der Waals surface area (Å²) >= 11 is 0. The van der Waals surface area contributed by atoms with Crippen LogP contribution in [0.4, 0.5) is 5.82 Å². The SMILES string of the molecule is CCc1c2c(nn1Cc1ccc(-c3cccc(C)n3)cc1)N1CC(C)(C)N=C1N(C)C2=O. The van der Waals surface area contributed by atoms with Gasteiger partial charge in [-0.05, 0) is 44.9 Å². The molecule has 0 radical (unpaired) electrons. The van der Waals surface area contributed by atoms with Crippen LogP contribution in [0, 0.1) is 6.92 Å². The Hall–Kier alpha value is -3.48. The summed E-state index contributed by atoms with van der Waals surface area (Å²) in [6.07, 6.45) is 0.733. The fourth-order valence-electron chi connectivity index (χ4n) is 4.55. The lowest BCUT2D eigenvalue weighted by Gasteiger charge is -2.30. The van der Waals surface area contributed by atoms with Crippen LogP contribution in [0.25, 0.3) is 11.3 Å². The van der Waals surface area contributed by atoms with E-state index in [4.69, 9.17) is 10.1 Å². The third-order valence-electron chi connectivity index (χ3n) is 6.11. The number of benzene rings is 1. The summed E-state index contributed by atoms with van der Waals surface area (Å²) < 4.78 is 1.98. The second-order valence-electron chi connectivity index (χ2n) is 9.19. The number of rotatable bonds is 4. The van der Waals surface area contributed by atoms with Gasteiger partial charge in [0.15, 0.2) is 5.82 Å². The van der Waals surface area contributed by atoms with Crippen LogP contribution in [0.2, 0.25) is 0 Å². The first-order chi connectivity index (χ1) is 15.3. The summed E-state index contributed by atoms with van der Waals surface area (Å²) in [5.41, 5.74) is 5.61. The molecule has 32 heavy (non-hydrogen) atoms. The first kappa shape index (κ1) is 20.4. The molecule has 0 unspecified atom stereocenters. The van der Waals surface area contributed by atoms with Crippen LogP contribution in [0.15, 0.2) is 47.5 Å². The minimum atomic E-state index is -0.249. The zero-order chi connectivity index (χ0) is 22.6. The van der Waals surface area contributed by atoms with E-state index in [2.05, 4.69) is 54.9 Å². The van der Waals surface area contributed by atoms with Crippen molar-refractivity contribution >= 4 is 17.7 Å². The molecule has 5 rings (SSSR count). The number of hydrogen-bond acceptors (Lipinski definition) is 5. The molecule has 0 aliphatic carbocycles. The lowest BCUT2D eigenvalue weighted by atomic mass is 10.1. The standard InChI is InChI=1S/C25H28N6O/c1-6-20-21-22(30-15-25(3,4)27-24(30)29(5)23(21)32)28-31(20)14-17-10-12-18(13-11-17)19-9-7-8-16(2)26-19/h7-13H,6,14-15H2,1-5H3. The molecule has 0 bridgehead atoms. The largest absolute Gasteiger partial charge is 0.292 e. The highest BCUT2D eigenvalue weighted by Gasteiger charge is 2.44. The van der Waals surface area contributed by atoms with Gasteiger partial charge in [-0.1, -0.05) is 37.3 Å². The molecule has 0 spiro atoms. The number of fused-ring (bicyclic) bond motifs is 3. The maximum absolute atomic E-state index is 13.2. The highest BCUT2D eigenvalue weighted by Crippen LogP contribution is 2.36. The topological polar surface area (TPSA) is 66.6 Å². The number of anilines is 1. The first-order valence-corrected chi connectivity index (χ1v) is 11.1. The average Bonchev–Trinajstić information content (AvgIpc) is 3.29. The van der Waals surface area contributed by atoms with Crippen molar-refractivity contribution in [1.82, 2.24) is 19.7 Å². The lowest BCUT2D eigenvalue weighted by molar-refractivity contribution is 0.0864. The van der Waals surface area contributed by atoms with E-state index in [0.29, 0.717) is 24.6 Å². The minimum absolute atomic E-state index is 0.0309. The van der Waals surface area contributed by atoms with Crippen molar-refractivity contribution in [2.24, 2.45) is 4.99 Å². The molecule has 0 N–H and O–H groups in total. The molecule has 2 aliphatic rings. The number of pyridine rings is 1. The van der Waals surface area contributed by atoms with Gasteiger partial charge in [0.1, 0.15) is 5.56 Å². The Balaban J connectivity index is 1.49. The van der Waals surface area contributed by atoms with E-state index >= 15 is 0 Å². The van der Waals surface area contributed by atoms with Crippen LogP contribution < -0.4 is 4.90 Å². The predicted octanol–water partition coefficient (Wildman–Crippen LogP) is 3.90. The lowest BCUT2D eigenvalue weighted by Crippen LogP contribution is -2.48. The van der Waals surface area contributed by atoms with E-state index in [1.165, 1.54) is 0 Å². The molecular weight excluding hydrogens is 400 g/mol. The monoisotopic (exact) mass is 428 g/mol. The van der Waals surface area contributed by atoms with E-state index in [1.54, 1.807) is 11.9 Å². The van der Waals surface area contributed by atoms with Gasteiger partial charge in [-0.2, -0.15) is 5.10 Å². The van der Waals surface area contributed by atoms with Crippen LogP contribution in [0.1, 0.15) is 48.1 Å².